The Kier molecular flexibility index (Phi) is 5.70. The molecule has 0 spiro atoms. The first-order valence-electron chi connectivity index (χ1n) is 9.23. The number of nitriles is 1. The van der Waals surface area contributed by atoms with Gasteiger partial charge in [-0.05, 0) is 47.9 Å². The number of fused-ring (bicyclic) bond motifs is 2. The van der Waals surface area contributed by atoms with Crippen LogP contribution in [0.4, 0.5) is 4.39 Å². The quantitative estimate of drug-likeness (QED) is 0.741. The van der Waals surface area contributed by atoms with Crippen molar-refractivity contribution >= 4 is 23.4 Å². The Labute approximate surface area is 168 Å². The van der Waals surface area contributed by atoms with Crippen LogP contribution in [0.5, 0.6) is 0 Å². The highest BCUT2D eigenvalue weighted by atomic mass is 35.5. The summed E-state index contributed by atoms with van der Waals surface area (Å²) in [6, 6.07) is 13.6. The van der Waals surface area contributed by atoms with Crippen LogP contribution >= 0.6 is 23.4 Å². The van der Waals surface area contributed by atoms with E-state index in [4.69, 9.17) is 16.9 Å². The highest BCUT2D eigenvalue weighted by Crippen LogP contribution is 2.43. The lowest BCUT2D eigenvalue weighted by atomic mass is 9.96. The predicted octanol–water partition coefficient (Wildman–Crippen LogP) is 4.76. The minimum atomic E-state index is -0.196. The third-order valence-electron chi connectivity index (χ3n) is 5.38. The van der Waals surface area contributed by atoms with E-state index in [1.165, 1.54) is 11.1 Å². The predicted molar refractivity (Wildman–Crippen MR) is 107 cm³/mol. The van der Waals surface area contributed by atoms with Crippen molar-refractivity contribution in [3.63, 3.8) is 0 Å². The molecule has 0 aromatic heterocycles. The molecule has 140 valence electrons. The zero-order valence-corrected chi connectivity index (χ0v) is 16.6. The van der Waals surface area contributed by atoms with Crippen LogP contribution in [-0.2, 0) is 6.42 Å². The molecule has 3 nitrogen and oxygen atoms in total. The van der Waals surface area contributed by atoms with E-state index >= 15 is 0 Å². The molecule has 4 rings (SSSR count). The molecule has 2 aromatic rings. The smallest absolute Gasteiger partial charge is 0.124 e. The van der Waals surface area contributed by atoms with Crippen LogP contribution in [-0.4, -0.2) is 42.5 Å². The second kappa shape index (κ2) is 8.20. The lowest BCUT2D eigenvalue weighted by Gasteiger charge is -2.39. The number of halogens is 2. The molecular formula is C21H21ClFN3S. The van der Waals surface area contributed by atoms with Gasteiger partial charge in [0.15, 0.2) is 0 Å². The van der Waals surface area contributed by atoms with Gasteiger partial charge >= 0.3 is 0 Å². The van der Waals surface area contributed by atoms with E-state index in [1.54, 1.807) is 23.9 Å². The summed E-state index contributed by atoms with van der Waals surface area (Å²) in [5, 5.41) is 9.54. The summed E-state index contributed by atoms with van der Waals surface area (Å²) >= 11 is 7.89. The molecule has 1 fully saturated rings. The molecule has 0 aliphatic carbocycles. The van der Waals surface area contributed by atoms with E-state index in [0.717, 1.165) is 54.0 Å². The number of benzene rings is 2. The first-order chi connectivity index (χ1) is 13.1. The zero-order valence-electron chi connectivity index (χ0n) is 15.0. The summed E-state index contributed by atoms with van der Waals surface area (Å²) in [5.41, 5.74) is 2.42. The van der Waals surface area contributed by atoms with Gasteiger partial charge in [0, 0.05) is 60.0 Å². The maximum Gasteiger partial charge on any atom is 0.124 e. The maximum atomic E-state index is 13.9. The second-order valence-corrected chi connectivity index (χ2v) is 8.56. The normalized spacial score (nSPS) is 20.4. The monoisotopic (exact) mass is 401 g/mol. The maximum absolute atomic E-state index is 13.9. The van der Waals surface area contributed by atoms with Gasteiger partial charge in [0.05, 0.1) is 6.07 Å². The van der Waals surface area contributed by atoms with Crippen molar-refractivity contribution in [2.45, 2.75) is 28.7 Å². The van der Waals surface area contributed by atoms with E-state index in [2.05, 4.69) is 15.9 Å². The summed E-state index contributed by atoms with van der Waals surface area (Å²) in [7, 11) is 0. The molecule has 1 saturated heterocycles. The summed E-state index contributed by atoms with van der Waals surface area (Å²) in [4.78, 5) is 6.99. The molecule has 1 unspecified atom stereocenters. The van der Waals surface area contributed by atoms with Crippen LogP contribution in [0, 0.1) is 17.1 Å². The molecule has 0 radical (unpaired) electrons. The number of nitrogens with zero attached hydrogens (tertiary/aromatic N) is 3. The van der Waals surface area contributed by atoms with Crippen LogP contribution in [0.25, 0.3) is 0 Å². The fraction of sp³-hybridized carbons (Fsp3) is 0.381. The van der Waals surface area contributed by atoms with Gasteiger partial charge in [0.2, 0.25) is 0 Å². The van der Waals surface area contributed by atoms with Crippen LogP contribution in [0.2, 0.25) is 5.02 Å². The Morgan fingerprint density at radius 1 is 1.11 bits per heavy atom. The van der Waals surface area contributed by atoms with E-state index in [9.17, 15) is 4.39 Å². The van der Waals surface area contributed by atoms with Crippen LogP contribution in [0.3, 0.4) is 0 Å². The lowest BCUT2D eigenvalue weighted by Crippen LogP contribution is -2.48. The number of piperazine rings is 1. The molecule has 0 saturated carbocycles. The minimum Gasteiger partial charge on any atom is -0.300 e. The van der Waals surface area contributed by atoms with E-state index in [0.29, 0.717) is 6.42 Å². The fourth-order valence-electron chi connectivity index (χ4n) is 3.95. The number of hydrogen-bond acceptors (Lipinski definition) is 4. The van der Waals surface area contributed by atoms with Crippen molar-refractivity contribution in [3.8, 4) is 6.07 Å². The first kappa shape index (κ1) is 18.8. The molecule has 2 aliphatic heterocycles. The average Bonchev–Trinajstić information content (AvgIpc) is 2.82. The summed E-state index contributed by atoms with van der Waals surface area (Å²) in [6.45, 7) is 4.67. The van der Waals surface area contributed by atoms with Gasteiger partial charge in [0.25, 0.3) is 0 Å². The van der Waals surface area contributed by atoms with E-state index in [-0.39, 0.29) is 11.9 Å². The SMILES string of the molecule is N#CCCN1CCN(C2Cc3cc(Cl)ccc3Sc3cc(F)ccc32)CC1. The largest absolute Gasteiger partial charge is 0.300 e. The third-order valence-corrected chi connectivity index (χ3v) is 6.80. The van der Waals surface area contributed by atoms with Gasteiger partial charge in [0.1, 0.15) is 5.82 Å². The van der Waals surface area contributed by atoms with Gasteiger partial charge in [-0.1, -0.05) is 29.4 Å². The molecule has 0 bridgehead atoms. The van der Waals surface area contributed by atoms with Crippen molar-refractivity contribution in [3.05, 3.63) is 58.4 Å². The summed E-state index contributed by atoms with van der Waals surface area (Å²) < 4.78 is 13.9. The van der Waals surface area contributed by atoms with Crippen molar-refractivity contribution in [1.29, 1.82) is 5.26 Å². The van der Waals surface area contributed by atoms with Crippen LogP contribution < -0.4 is 0 Å². The third kappa shape index (κ3) is 4.14. The zero-order chi connectivity index (χ0) is 18.8. The van der Waals surface area contributed by atoms with Crippen molar-refractivity contribution in [1.82, 2.24) is 9.80 Å². The highest BCUT2D eigenvalue weighted by Gasteiger charge is 2.30. The fourth-order valence-corrected chi connectivity index (χ4v) is 5.28. The standard InChI is InChI=1S/C21H21ClFN3S/c22-16-2-5-20-15(12-16)13-19(18-4-3-17(23)14-21(18)27-20)26-10-8-25(9-11-26)7-1-6-24/h2-5,12,14,19H,1,7-11,13H2. The molecule has 1 atom stereocenters. The van der Waals surface area contributed by atoms with Crippen molar-refractivity contribution in [2.75, 3.05) is 32.7 Å². The molecular weight excluding hydrogens is 381 g/mol. The Balaban J connectivity index is 1.62. The number of hydrogen-bond donors (Lipinski definition) is 0. The highest BCUT2D eigenvalue weighted by molar-refractivity contribution is 7.99. The molecule has 2 aliphatic rings. The minimum absolute atomic E-state index is 0.196. The molecule has 0 N–H and O–H groups in total. The Hall–Kier alpha value is -1.58. The van der Waals surface area contributed by atoms with Gasteiger partial charge < -0.3 is 0 Å². The van der Waals surface area contributed by atoms with Crippen LogP contribution in [0.1, 0.15) is 23.6 Å². The lowest BCUT2D eigenvalue weighted by molar-refractivity contribution is 0.0957. The molecule has 0 amide bonds. The first-order valence-corrected chi connectivity index (χ1v) is 10.4. The van der Waals surface area contributed by atoms with Gasteiger partial charge in [-0.3, -0.25) is 9.80 Å². The molecule has 2 aromatic carbocycles. The molecule has 2 heterocycles. The second-order valence-electron chi connectivity index (χ2n) is 7.04. The van der Waals surface area contributed by atoms with Crippen LogP contribution in [0.15, 0.2) is 46.2 Å². The Morgan fingerprint density at radius 3 is 2.70 bits per heavy atom. The topological polar surface area (TPSA) is 30.3 Å². The number of rotatable bonds is 3. The summed E-state index contributed by atoms with van der Waals surface area (Å²) in [6.07, 6.45) is 1.45. The average molecular weight is 402 g/mol. The molecule has 27 heavy (non-hydrogen) atoms. The van der Waals surface area contributed by atoms with Crippen molar-refractivity contribution < 1.29 is 4.39 Å². The van der Waals surface area contributed by atoms with Gasteiger partial charge in [-0.25, -0.2) is 4.39 Å². The Bertz CT molecular complexity index is 874. The summed E-state index contributed by atoms with van der Waals surface area (Å²) in [5.74, 6) is -0.196. The van der Waals surface area contributed by atoms with E-state index < -0.39 is 0 Å². The van der Waals surface area contributed by atoms with Crippen molar-refractivity contribution in [2.24, 2.45) is 0 Å². The van der Waals surface area contributed by atoms with E-state index in [1.807, 2.05) is 24.3 Å². The van der Waals surface area contributed by atoms with Gasteiger partial charge in [-0.15, -0.1) is 0 Å². The van der Waals surface area contributed by atoms with Gasteiger partial charge in [-0.2, -0.15) is 5.26 Å². The Morgan fingerprint density at radius 2 is 1.93 bits per heavy atom. The molecule has 6 heteroatoms.